The van der Waals surface area contributed by atoms with Gasteiger partial charge < -0.3 is 14.4 Å². The Kier molecular flexibility index (Phi) is 10.8. The number of hydrogen-bond donors (Lipinski definition) is 2. The van der Waals surface area contributed by atoms with Gasteiger partial charge in [-0.15, -0.1) is 0 Å². The first-order valence-electron chi connectivity index (χ1n) is 11.9. The molecule has 1 aromatic heterocycles. The van der Waals surface area contributed by atoms with E-state index in [0.29, 0.717) is 17.7 Å². The van der Waals surface area contributed by atoms with Crippen molar-refractivity contribution in [3.63, 3.8) is 0 Å². The third-order valence-electron chi connectivity index (χ3n) is 5.33. The van der Waals surface area contributed by atoms with Crippen LogP contribution in [0.1, 0.15) is 43.5 Å². The molecular weight excluding hydrogens is 558 g/mol. The van der Waals surface area contributed by atoms with E-state index in [-0.39, 0.29) is 18.1 Å². The second-order valence-corrected chi connectivity index (χ2v) is 11.8. The van der Waals surface area contributed by atoms with Gasteiger partial charge in [0, 0.05) is 25.3 Å². The number of ether oxygens (including phenoxy) is 2. The Hall–Kier alpha value is -2.67. The highest BCUT2D eigenvalue weighted by Crippen LogP contribution is 2.63. The maximum atomic E-state index is 12.8. The van der Waals surface area contributed by atoms with Crippen LogP contribution in [0.5, 0.6) is 5.75 Å². The lowest BCUT2D eigenvalue weighted by Gasteiger charge is -2.20. The lowest BCUT2D eigenvalue weighted by atomic mass is 10.2. The topological polar surface area (TPSA) is 182 Å². The summed E-state index contributed by atoms with van der Waals surface area (Å²) >= 11 is 0. The van der Waals surface area contributed by atoms with Crippen LogP contribution in [0, 0.1) is 6.92 Å². The standard InChI is InChI=1S/C23H30N2O12P2/c1-4-5-6-21(26)36-18-9-7-17(8-10-18)14-34-39(31,32-3)37-38(29,30)33-15-19-11-12-20(35-19)25-13-16(2)22(27)24-23(25)28/h7-13,19-20H,4-6,14-15H2,1-3H3,(H,29,30)(H,24,27,28)/t19-,20+,39?/m0/s1. The van der Waals surface area contributed by atoms with Gasteiger partial charge in [-0.25, -0.2) is 13.9 Å². The molecule has 2 aromatic rings. The Labute approximate surface area is 223 Å². The average molecular weight is 588 g/mol. The van der Waals surface area contributed by atoms with Crippen LogP contribution in [0.4, 0.5) is 0 Å². The van der Waals surface area contributed by atoms with E-state index < -0.39 is 45.8 Å². The highest BCUT2D eigenvalue weighted by atomic mass is 31.3. The molecule has 0 saturated heterocycles. The minimum atomic E-state index is -4.95. The molecule has 1 aromatic carbocycles. The van der Waals surface area contributed by atoms with Crippen molar-refractivity contribution in [2.75, 3.05) is 13.7 Å². The van der Waals surface area contributed by atoms with E-state index in [1.165, 1.54) is 37.4 Å². The number of phosphoric ester groups is 2. The van der Waals surface area contributed by atoms with E-state index in [0.717, 1.165) is 24.5 Å². The number of rotatable bonds is 14. The second-order valence-electron chi connectivity index (χ2n) is 8.40. The van der Waals surface area contributed by atoms with Crippen molar-refractivity contribution >= 4 is 21.6 Å². The summed E-state index contributed by atoms with van der Waals surface area (Å²) in [6, 6.07) is 6.14. The summed E-state index contributed by atoms with van der Waals surface area (Å²) in [4.78, 5) is 47.5. The lowest BCUT2D eigenvalue weighted by Crippen LogP contribution is -2.33. The molecule has 16 heteroatoms. The van der Waals surface area contributed by atoms with Crippen LogP contribution in [-0.2, 0) is 43.2 Å². The van der Waals surface area contributed by atoms with Gasteiger partial charge in [-0.1, -0.05) is 31.6 Å². The number of carbonyl (C=O) groups is 1. The van der Waals surface area contributed by atoms with Crippen molar-refractivity contribution in [2.45, 2.75) is 52.0 Å². The summed E-state index contributed by atoms with van der Waals surface area (Å²) in [5, 5.41) is 0. The smallest absolute Gasteiger partial charge is 0.427 e. The number of hydrogen-bond acceptors (Lipinski definition) is 11. The molecule has 3 rings (SSSR count). The number of aromatic amines is 1. The number of nitrogens with one attached hydrogen (secondary N) is 1. The fourth-order valence-electron chi connectivity index (χ4n) is 3.26. The SMILES string of the molecule is CCCCC(=O)Oc1ccc(COP(=O)(OC)OP(=O)(O)OC[C@@H]2C=C[C@H](n3cc(C)c(=O)[nH]c3=O)O2)cc1. The molecule has 39 heavy (non-hydrogen) atoms. The molecule has 0 bridgehead atoms. The van der Waals surface area contributed by atoms with Gasteiger partial charge in [-0.2, -0.15) is 4.31 Å². The lowest BCUT2D eigenvalue weighted by molar-refractivity contribution is -0.134. The normalized spacial score (nSPS) is 19.9. The van der Waals surface area contributed by atoms with E-state index in [1.54, 1.807) is 12.1 Å². The Morgan fingerprint density at radius 3 is 2.54 bits per heavy atom. The van der Waals surface area contributed by atoms with E-state index in [4.69, 9.17) is 23.0 Å². The van der Waals surface area contributed by atoms with Crippen LogP contribution < -0.4 is 16.0 Å². The molecule has 2 unspecified atom stereocenters. The van der Waals surface area contributed by atoms with Gasteiger partial charge in [0.2, 0.25) is 0 Å². The molecule has 14 nitrogen and oxygen atoms in total. The van der Waals surface area contributed by atoms with Gasteiger partial charge in [0.1, 0.15) is 11.9 Å². The fraction of sp³-hybridized carbons (Fsp3) is 0.435. The van der Waals surface area contributed by atoms with Crippen LogP contribution in [0.25, 0.3) is 0 Å². The van der Waals surface area contributed by atoms with Gasteiger partial charge in [-0.05, 0) is 37.1 Å². The number of aryl methyl sites for hydroxylation is 1. The van der Waals surface area contributed by atoms with E-state index >= 15 is 0 Å². The quantitative estimate of drug-likeness (QED) is 0.142. The Balaban J connectivity index is 1.50. The zero-order valence-electron chi connectivity index (χ0n) is 21.5. The Morgan fingerprint density at radius 1 is 1.15 bits per heavy atom. The van der Waals surface area contributed by atoms with Crippen LogP contribution >= 0.6 is 15.6 Å². The van der Waals surface area contributed by atoms with Crippen LogP contribution in [0.2, 0.25) is 0 Å². The molecule has 4 atom stereocenters. The number of unbranched alkanes of at least 4 members (excludes halogenated alkanes) is 1. The first-order chi connectivity index (χ1) is 18.4. The third-order valence-corrected chi connectivity index (χ3v) is 8.33. The molecule has 1 aliphatic rings. The van der Waals surface area contributed by atoms with Crippen LogP contribution in [0.15, 0.2) is 52.2 Å². The average Bonchev–Trinajstić information content (AvgIpc) is 3.37. The monoisotopic (exact) mass is 588 g/mol. The molecule has 0 fully saturated rings. The largest absolute Gasteiger partial charge is 0.483 e. The van der Waals surface area contributed by atoms with Gasteiger partial charge in [-0.3, -0.25) is 32.7 Å². The first-order valence-corrected chi connectivity index (χ1v) is 14.8. The highest BCUT2D eigenvalue weighted by molar-refractivity contribution is 7.61. The molecule has 0 aliphatic carbocycles. The van der Waals surface area contributed by atoms with E-state index in [2.05, 4.69) is 9.29 Å². The molecule has 214 valence electrons. The molecule has 0 spiro atoms. The second kappa shape index (κ2) is 13.6. The summed E-state index contributed by atoms with van der Waals surface area (Å²) < 4.78 is 56.5. The minimum Gasteiger partial charge on any atom is -0.427 e. The van der Waals surface area contributed by atoms with Crippen molar-refractivity contribution < 1.29 is 46.2 Å². The number of aromatic nitrogens is 2. The highest BCUT2D eigenvalue weighted by Gasteiger charge is 2.38. The predicted molar refractivity (Wildman–Crippen MR) is 137 cm³/mol. The van der Waals surface area contributed by atoms with Crippen molar-refractivity contribution in [3.05, 3.63) is 74.6 Å². The molecule has 0 radical (unpaired) electrons. The number of benzene rings is 1. The van der Waals surface area contributed by atoms with Gasteiger partial charge in [0.25, 0.3) is 5.56 Å². The van der Waals surface area contributed by atoms with E-state index in [9.17, 15) is 28.4 Å². The predicted octanol–water partition coefficient (Wildman–Crippen LogP) is 3.50. The van der Waals surface area contributed by atoms with Gasteiger partial charge in [0.15, 0.2) is 6.23 Å². The zero-order valence-corrected chi connectivity index (χ0v) is 23.3. The maximum Gasteiger partial charge on any atom is 0.483 e. The van der Waals surface area contributed by atoms with Gasteiger partial charge >= 0.3 is 27.3 Å². The third kappa shape index (κ3) is 9.20. The number of nitrogens with zero attached hydrogens (tertiary/aromatic N) is 1. The van der Waals surface area contributed by atoms with Crippen molar-refractivity contribution in [3.8, 4) is 5.75 Å². The minimum absolute atomic E-state index is 0.289. The first kappa shape index (κ1) is 30.9. The van der Waals surface area contributed by atoms with Crippen molar-refractivity contribution in [1.29, 1.82) is 0 Å². The molecule has 2 heterocycles. The van der Waals surface area contributed by atoms with Crippen molar-refractivity contribution in [1.82, 2.24) is 9.55 Å². The summed E-state index contributed by atoms with van der Waals surface area (Å²) in [5.41, 5.74) is -0.446. The van der Waals surface area contributed by atoms with E-state index in [1.807, 2.05) is 6.92 Å². The number of phosphoric acid groups is 2. The summed E-state index contributed by atoms with van der Waals surface area (Å²) in [5.74, 6) is -0.0310. The van der Waals surface area contributed by atoms with Crippen molar-refractivity contribution in [2.24, 2.45) is 0 Å². The van der Waals surface area contributed by atoms with Crippen LogP contribution in [-0.4, -0.2) is 40.2 Å². The molecule has 1 aliphatic heterocycles. The molecule has 0 amide bonds. The summed E-state index contributed by atoms with van der Waals surface area (Å²) in [6.07, 6.45) is 4.43. The molecular formula is C23H30N2O12P2. The number of carbonyl (C=O) groups excluding carboxylic acids is 1. The molecule has 0 saturated carbocycles. The van der Waals surface area contributed by atoms with Gasteiger partial charge in [0.05, 0.1) is 13.2 Å². The fourth-order valence-corrected chi connectivity index (χ4v) is 5.66. The number of H-pyrrole nitrogens is 1. The van der Waals surface area contributed by atoms with Crippen LogP contribution in [0.3, 0.4) is 0 Å². The molecule has 2 N–H and O–H groups in total. The maximum absolute atomic E-state index is 12.8. The summed E-state index contributed by atoms with van der Waals surface area (Å²) in [6.45, 7) is 2.66. The zero-order chi connectivity index (χ0) is 28.6. The Bertz CT molecular complexity index is 1380. The number of esters is 1. The Morgan fingerprint density at radius 2 is 1.87 bits per heavy atom. The summed E-state index contributed by atoms with van der Waals surface area (Å²) in [7, 11) is -8.52.